The predicted octanol–water partition coefficient (Wildman–Crippen LogP) is 4.74. The molecule has 25 heavy (non-hydrogen) atoms. The van der Waals surface area contributed by atoms with Gasteiger partial charge in [-0.15, -0.1) is 0 Å². The molecule has 126 valence electrons. The van der Waals surface area contributed by atoms with Crippen LogP contribution >= 0.6 is 15.9 Å². The summed E-state index contributed by atoms with van der Waals surface area (Å²) < 4.78 is 1.03. The quantitative estimate of drug-likeness (QED) is 0.691. The Kier molecular flexibility index (Phi) is 4.46. The first-order chi connectivity index (χ1) is 12.2. The van der Waals surface area contributed by atoms with Gasteiger partial charge in [-0.2, -0.15) is 0 Å². The highest BCUT2D eigenvalue weighted by atomic mass is 79.9. The number of likely N-dealkylation sites (tertiary alicyclic amines) is 1. The summed E-state index contributed by atoms with van der Waals surface area (Å²) in [6, 6.07) is 29.2. The van der Waals surface area contributed by atoms with Crippen LogP contribution in [0.15, 0.2) is 89.4 Å². The average Bonchev–Trinajstić information content (AvgIpc) is 2.63. The van der Waals surface area contributed by atoms with Crippen molar-refractivity contribution in [3.63, 3.8) is 0 Å². The maximum Gasteiger partial charge on any atom is 0.115 e. The molecule has 1 fully saturated rings. The summed E-state index contributed by atoms with van der Waals surface area (Å²) in [5.41, 5.74) is 2.72. The van der Waals surface area contributed by atoms with Crippen molar-refractivity contribution >= 4 is 15.9 Å². The smallest absolute Gasteiger partial charge is 0.115 e. The summed E-state index contributed by atoms with van der Waals surface area (Å²) in [7, 11) is 0. The van der Waals surface area contributed by atoms with E-state index in [2.05, 4.69) is 69.4 Å². The van der Waals surface area contributed by atoms with Crippen molar-refractivity contribution in [1.82, 2.24) is 4.90 Å². The van der Waals surface area contributed by atoms with Crippen molar-refractivity contribution in [1.29, 1.82) is 0 Å². The van der Waals surface area contributed by atoms with Crippen molar-refractivity contribution in [2.75, 3.05) is 13.1 Å². The van der Waals surface area contributed by atoms with Gasteiger partial charge in [-0.05, 0) is 28.8 Å². The molecule has 0 radical (unpaired) electrons. The monoisotopic (exact) mass is 393 g/mol. The molecule has 0 aromatic heterocycles. The number of rotatable bonds is 4. The lowest BCUT2D eigenvalue weighted by Crippen LogP contribution is -2.60. The largest absolute Gasteiger partial charge is 0.382 e. The Morgan fingerprint density at radius 1 is 0.760 bits per heavy atom. The zero-order valence-electron chi connectivity index (χ0n) is 13.8. The standard InChI is InChI=1S/C22H20BrNO/c23-20-13-11-19(12-14-20)22(25)15-24(16-22)21(17-7-3-1-4-8-17)18-9-5-2-6-10-18/h1-14,21,25H,15-16H2. The van der Waals surface area contributed by atoms with Crippen molar-refractivity contribution in [3.8, 4) is 0 Å². The van der Waals surface area contributed by atoms with Gasteiger partial charge in [0.1, 0.15) is 5.60 Å². The first-order valence-corrected chi connectivity index (χ1v) is 9.27. The summed E-state index contributed by atoms with van der Waals surface area (Å²) >= 11 is 3.46. The van der Waals surface area contributed by atoms with E-state index in [0.29, 0.717) is 13.1 Å². The normalized spacial score (nSPS) is 16.6. The Morgan fingerprint density at radius 3 is 1.72 bits per heavy atom. The number of halogens is 1. The second kappa shape index (κ2) is 6.75. The third-order valence-corrected chi connectivity index (χ3v) is 5.44. The molecule has 1 aliphatic heterocycles. The fraction of sp³-hybridized carbons (Fsp3) is 0.182. The molecule has 0 saturated carbocycles. The predicted molar refractivity (Wildman–Crippen MR) is 104 cm³/mol. The van der Waals surface area contributed by atoms with Crippen LogP contribution in [0.5, 0.6) is 0 Å². The number of β-amino-alcohol motifs (C(OH)–C–C–N with tert-alkyl or cyclic N) is 1. The fourth-order valence-electron chi connectivity index (χ4n) is 3.64. The summed E-state index contributed by atoms with van der Waals surface area (Å²) in [5, 5.41) is 11.0. The Hall–Kier alpha value is -1.94. The second-order valence-corrected chi connectivity index (χ2v) is 7.58. The van der Waals surface area contributed by atoms with Crippen LogP contribution in [0.1, 0.15) is 22.7 Å². The Balaban J connectivity index is 1.61. The first-order valence-electron chi connectivity index (χ1n) is 8.48. The first kappa shape index (κ1) is 16.5. The highest BCUT2D eigenvalue weighted by Gasteiger charge is 2.45. The Bertz CT molecular complexity index is 787. The molecule has 4 rings (SSSR count). The van der Waals surface area contributed by atoms with Crippen LogP contribution in [-0.2, 0) is 5.60 Å². The molecule has 1 N–H and O–H groups in total. The Labute approximate surface area is 156 Å². The molecule has 0 unspecified atom stereocenters. The lowest BCUT2D eigenvalue weighted by atomic mass is 9.82. The van der Waals surface area contributed by atoms with Crippen LogP contribution < -0.4 is 0 Å². The van der Waals surface area contributed by atoms with Gasteiger partial charge in [-0.1, -0.05) is 88.7 Å². The van der Waals surface area contributed by atoms with E-state index in [-0.39, 0.29) is 6.04 Å². The van der Waals surface area contributed by atoms with Gasteiger partial charge in [-0.3, -0.25) is 4.90 Å². The van der Waals surface area contributed by atoms with Crippen LogP contribution in [0.25, 0.3) is 0 Å². The van der Waals surface area contributed by atoms with Crippen molar-refractivity contribution in [2.45, 2.75) is 11.6 Å². The van der Waals surface area contributed by atoms with Gasteiger partial charge < -0.3 is 5.11 Å². The van der Waals surface area contributed by atoms with Gasteiger partial charge in [0, 0.05) is 17.6 Å². The molecule has 0 spiro atoms. The lowest BCUT2D eigenvalue weighted by molar-refractivity contribution is -0.116. The number of aliphatic hydroxyl groups is 1. The van der Waals surface area contributed by atoms with E-state index in [4.69, 9.17) is 0 Å². The topological polar surface area (TPSA) is 23.5 Å². The van der Waals surface area contributed by atoms with Gasteiger partial charge >= 0.3 is 0 Å². The minimum atomic E-state index is -0.775. The summed E-state index contributed by atoms with van der Waals surface area (Å²) in [6.45, 7) is 1.26. The van der Waals surface area contributed by atoms with Crippen molar-refractivity contribution in [3.05, 3.63) is 106 Å². The van der Waals surface area contributed by atoms with Crippen LogP contribution in [-0.4, -0.2) is 23.1 Å². The lowest BCUT2D eigenvalue weighted by Gasteiger charge is -2.50. The van der Waals surface area contributed by atoms with E-state index in [1.807, 2.05) is 36.4 Å². The third-order valence-electron chi connectivity index (χ3n) is 4.91. The van der Waals surface area contributed by atoms with Gasteiger partial charge in [0.15, 0.2) is 0 Å². The Morgan fingerprint density at radius 2 is 1.24 bits per heavy atom. The number of nitrogens with zero attached hydrogens (tertiary/aromatic N) is 1. The van der Waals surface area contributed by atoms with E-state index in [0.717, 1.165) is 10.0 Å². The number of benzene rings is 3. The minimum Gasteiger partial charge on any atom is -0.382 e. The zero-order valence-corrected chi connectivity index (χ0v) is 15.4. The SMILES string of the molecule is OC1(c2ccc(Br)cc2)CN(C(c2ccccc2)c2ccccc2)C1. The summed E-state index contributed by atoms with van der Waals surface area (Å²) in [6.07, 6.45) is 0. The van der Waals surface area contributed by atoms with E-state index in [9.17, 15) is 5.11 Å². The van der Waals surface area contributed by atoms with Crippen molar-refractivity contribution in [2.24, 2.45) is 0 Å². The molecule has 2 nitrogen and oxygen atoms in total. The molecule has 0 amide bonds. The van der Waals surface area contributed by atoms with E-state index in [1.165, 1.54) is 11.1 Å². The molecule has 3 aromatic carbocycles. The average molecular weight is 394 g/mol. The van der Waals surface area contributed by atoms with E-state index < -0.39 is 5.60 Å². The molecule has 0 atom stereocenters. The molecule has 3 heteroatoms. The molecule has 0 bridgehead atoms. The van der Waals surface area contributed by atoms with Crippen LogP contribution in [0.3, 0.4) is 0 Å². The van der Waals surface area contributed by atoms with Crippen molar-refractivity contribution < 1.29 is 5.11 Å². The van der Waals surface area contributed by atoms with Gasteiger partial charge in [0.25, 0.3) is 0 Å². The second-order valence-electron chi connectivity index (χ2n) is 6.67. The maximum atomic E-state index is 11.0. The van der Waals surface area contributed by atoms with Gasteiger partial charge in [0.05, 0.1) is 6.04 Å². The van der Waals surface area contributed by atoms with Crippen LogP contribution in [0.4, 0.5) is 0 Å². The molecular formula is C22H20BrNO. The summed E-state index contributed by atoms with van der Waals surface area (Å²) in [4.78, 5) is 2.34. The third kappa shape index (κ3) is 3.28. The fourth-order valence-corrected chi connectivity index (χ4v) is 3.90. The maximum absolute atomic E-state index is 11.0. The molecule has 1 heterocycles. The van der Waals surface area contributed by atoms with E-state index in [1.54, 1.807) is 0 Å². The zero-order chi connectivity index (χ0) is 17.3. The number of hydrogen-bond acceptors (Lipinski definition) is 2. The molecule has 1 saturated heterocycles. The highest BCUT2D eigenvalue weighted by molar-refractivity contribution is 9.10. The minimum absolute atomic E-state index is 0.165. The highest BCUT2D eigenvalue weighted by Crippen LogP contribution is 2.40. The molecular weight excluding hydrogens is 374 g/mol. The molecule has 3 aromatic rings. The number of hydrogen-bond donors (Lipinski definition) is 1. The van der Waals surface area contributed by atoms with Crippen LogP contribution in [0.2, 0.25) is 0 Å². The summed E-state index contributed by atoms with van der Waals surface area (Å²) in [5.74, 6) is 0. The van der Waals surface area contributed by atoms with E-state index >= 15 is 0 Å². The van der Waals surface area contributed by atoms with Crippen LogP contribution in [0, 0.1) is 0 Å². The van der Waals surface area contributed by atoms with Gasteiger partial charge in [0.2, 0.25) is 0 Å². The van der Waals surface area contributed by atoms with Gasteiger partial charge in [-0.25, -0.2) is 0 Å². The molecule has 1 aliphatic rings. The molecule has 0 aliphatic carbocycles.